The molecule has 260 valence electrons. The quantitative estimate of drug-likeness (QED) is 0.126. The topological polar surface area (TPSA) is 35.6 Å². The maximum Gasteiger partial charge on any atom is 0.179 e. The van der Waals surface area contributed by atoms with Crippen molar-refractivity contribution in [2.75, 3.05) is 0 Å². The Bertz CT molecular complexity index is 3190. The predicted octanol–water partition coefficient (Wildman–Crippen LogP) is 9.48. The molecule has 0 spiro atoms. The minimum atomic E-state index is -2.94. The van der Waals surface area contributed by atoms with Crippen LogP contribution in [0.3, 0.4) is 0 Å². The number of aryl methyl sites for hydroxylation is 1. The zero-order valence-electron chi connectivity index (χ0n) is 30.1. The van der Waals surface area contributed by atoms with E-state index >= 15 is 0 Å². The summed E-state index contributed by atoms with van der Waals surface area (Å²) in [5.41, 5.74) is 6.46. The first-order valence-electron chi connectivity index (χ1n) is 18.6. The fraction of sp³-hybridized carbons (Fsp3) is 0.0204. The third-order valence-corrected chi connectivity index (χ3v) is 17.2. The van der Waals surface area contributed by atoms with E-state index in [1.165, 1.54) is 51.7 Å². The van der Waals surface area contributed by atoms with E-state index in [9.17, 15) is 0 Å². The molecule has 0 saturated carbocycles. The molecule has 0 fully saturated rings. The van der Waals surface area contributed by atoms with Crippen LogP contribution in [0, 0.1) is 0 Å². The van der Waals surface area contributed by atoms with Crippen LogP contribution in [-0.4, -0.2) is 27.2 Å². The van der Waals surface area contributed by atoms with Crippen LogP contribution in [0.4, 0.5) is 0 Å². The first kappa shape index (κ1) is 31.9. The highest BCUT2D eigenvalue weighted by atomic mass is 32.1. The summed E-state index contributed by atoms with van der Waals surface area (Å²) in [5.74, 6) is 0.962. The Kier molecular flexibility index (Phi) is 7.24. The molecular weight excluding hydrogens is 705 g/mol. The molecule has 6 heteroatoms. The van der Waals surface area contributed by atoms with E-state index in [1.807, 2.05) is 11.3 Å². The molecule has 0 N–H and O–H groups in total. The van der Waals surface area contributed by atoms with Gasteiger partial charge < -0.3 is 4.57 Å². The molecule has 0 aliphatic carbocycles. The number of aromatic nitrogens is 4. The van der Waals surface area contributed by atoms with Gasteiger partial charge in [-0.15, -0.1) is 11.3 Å². The van der Waals surface area contributed by atoms with E-state index in [1.54, 1.807) is 0 Å². The lowest BCUT2D eigenvalue weighted by atomic mass is 10.1. The van der Waals surface area contributed by atoms with E-state index in [0.717, 1.165) is 39.3 Å². The summed E-state index contributed by atoms with van der Waals surface area (Å²) < 4.78 is 7.09. The van der Waals surface area contributed by atoms with Gasteiger partial charge in [-0.25, -0.2) is 9.97 Å². The molecule has 0 saturated heterocycles. The van der Waals surface area contributed by atoms with Gasteiger partial charge in [-0.3, -0.25) is 4.57 Å². The molecule has 0 radical (unpaired) electrons. The number of para-hydroxylation sites is 3. The first-order valence-corrected chi connectivity index (χ1v) is 21.5. The van der Waals surface area contributed by atoms with Gasteiger partial charge in [0.2, 0.25) is 0 Å². The fourth-order valence-electron chi connectivity index (χ4n) is 8.94. The molecule has 0 atom stereocenters. The number of nitrogens with zero attached hydrogens (tertiary/aromatic N) is 4. The van der Waals surface area contributed by atoms with Gasteiger partial charge >= 0.3 is 0 Å². The highest BCUT2D eigenvalue weighted by Gasteiger charge is 2.42. The van der Waals surface area contributed by atoms with Gasteiger partial charge in [0.05, 0.1) is 21.3 Å². The van der Waals surface area contributed by atoms with Crippen LogP contribution in [-0.2, 0) is 7.05 Å². The molecule has 0 bridgehead atoms. The van der Waals surface area contributed by atoms with Crippen LogP contribution in [0.5, 0.6) is 0 Å². The van der Waals surface area contributed by atoms with E-state index < -0.39 is 8.07 Å². The fourth-order valence-corrected chi connectivity index (χ4v) is 14.8. The van der Waals surface area contributed by atoms with Crippen molar-refractivity contribution in [2.24, 2.45) is 7.05 Å². The summed E-state index contributed by atoms with van der Waals surface area (Å²) in [6, 6.07) is 66.7. The molecule has 0 aliphatic heterocycles. The van der Waals surface area contributed by atoms with Crippen molar-refractivity contribution in [3.05, 3.63) is 188 Å². The van der Waals surface area contributed by atoms with Crippen LogP contribution in [0.15, 0.2) is 188 Å². The number of pyridine rings is 1. The van der Waals surface area contributed by atoms with Crippen molar-refractivity contribution in [1.82, 2.24) is 19.1 Å². The average Bonchev–Trinajstić information content (AvgIpc) is 3.91. The second-order valence-electron chi connectivity index (χ2n) is 14.2. The van der Waals surface area contributed by atoms with Crippen LogP contribution in [0.25, 0.3) is 70.2 Å². The molecule has 55 heavy (non-hydrogen) atoms. The molecule has 11 rings (SSSR count). The molecule has 0 unspecified atom stereocenters. The number of hydrogen-bond donors (Lipinski definition) is 0. The number of fused-ring (bicyclic) bond motifs is 8. The second kappa shape index (κ2) is 12.5. The van der Waals surface area contributed by atoms with Gasteiger partial charge in [0.1, 0.15) is 11.5 Å². The number of benzene rings is 7. The normalized spacial score (nSPS) is 12.1. The number of imidazole rings is 1. The van der Waals surface area contributed by atoms with Gasteiger partial charge in [0.15, 0.2) is 8.07 Å². The van der Waals surface area contributed by atoms with Crippen LogP contribution in [0.2, 0.25) is 0 Å². The summed E-state index contributed by atoms with van der Waals surface area (Å²) in [6.07, 6.45) is 2.07. The average molecular weight is 739 g/mol. The SMILES string of the molecule is Cn1c(-c2cccc([Si](c3ccccc3)(c3ccccc3)c3cccc(-n4c5ccccc5c5c6c(cnc54)sc4ccccc46)c3)c2)nc2ccccc21. The molecule has 4 heterocycles. The summed E-state index contributed by atoms with van der Waals surface area (Å²) in [5, 5.41) is 10.3. The van der Waals surface area contributed by atoms with Crippen LogP contribution >= 0.6 is 11.3 Å². The summed E-state index contributed by atoms with van der Waals surface area (Å²) >= 11 is 1.82. The zero-order chi connectivity index (χ0) is 36.5. The Hall–Kier alpha value is -6.60. The van der Waals surface area contributed by atoms with E-state index in [2.05, 4.69) is 204 Å². The smallest absolute Gasteiger partial charge is 0.179 e. The Morgan fingerprint density at radius 1 is 0.509 bits per heavy atom. The van der Waals surface area contributed by atoms with E-state index in [0.29, 0.717) is 0 Å². The molecule has 0 aliphatic rings. The minimum Gasteiger partial charge on any atom is -0.327 e. The number of hydrogen-bond acceptors (Lipinski definition) is 3. The molecule has 7 aromatic carbocycles. The van der Waals surface area contributed by atoms with Crippen molar-refractivity contribution in [2.45, 2.75) is 0 Å². The third kappa shape index (κ3) is 4.75. The maximum atomic E-state index is 5.23. The Morgan fingerprint density at radius 2 is 1.13 bits per heavy atom. The molecular formula is C49H34N4SSi. The Balaban J connectivity index is 1.20. The van der Waals surface area contributed by atoms with Crippen LogP contribution < -0.4 is 20.7 Å². The summed E-state index contributed by atoms with van der Waals surface area (Å²) in [4.78, 5) is 10.4. The Labute approximate surface area is 323 Å². The van der Waals surface area contributed by atoms with Crippen molar-refractivity contribution in [1.29, 1.82) is 0 Å². The van der Waals surface area contributed by atoms with Gasteiger partial charge in [0.25, 0.3) is 0 Å². The standard InChI is InChI=1S/C49H34N4SSi/c1-52-43-28-12-10-26-41(43)51-48(52)33-16-14-22-37(30-33)55(35-18-4-2-5-19-35,36-20-6-3-7-21-36)38-23-15-17-34(31-38)53-42-27-11-8-24-39(42)47-46-40-25-9-13-29-44(40)54-45(46)32-50-49(47)53/h2-32H,1H3. The highest BCUT2D eigenvalue weighted by Crippen LogP contribution is 2.42. The van der Waals surface area contributed by atoms with Crippen molar-refractivity contribution in [3.8, 4) is 17.1 Å². The van der Waals surface area contributed by atoms with Crippen molar-refractivity contribution in [3.63, 3.8) is 0 Å². The summed E-state index contributed by atoms with van der Waals surface area (Å²) in [7, 11) is -0.820. The van der Waals surface area contributed by atoms with Gasteiger partial charge in [-0.1, -0.05) is 146 Å². The molecule has 0 amide bonds. The molecule has 4 nitrogen and oxygen atoms in total. The highest BCUT2D eigenvalue weighted by molar-refractivity contribution is 7.26. The van der Waals surface area contributed by atoms with Gasteiger partial charge in [0, 0.05) is 50.7 Å². The number of thiophene rings is 1. The zero-order valence-corrected chi connectivity index (χ0v) is 31.9. The van der Waals surface area contributed by atoms with Crippen molar-refractivity contribution >= 4 is 93.3 Å². The van der Waals surface area contributed by atoms with E-state index in [4.69, 9.17) is 9.97 Å². The predicted molar refractivity (Wildman–Crippen MR) is 235 cm³/mol. The van der Waals surface area contributed by atoms with E-state index in [-0.39, 0.29) is 0 Å². The lowest BCUT2D eigenvalue weighted by Crippen LogP contribution is -2.74. The largest absolute Gasteiger partial charge is 0.327 e. The van der Waals surface area contributed by atoms with Gasteiger partial charge in [-0.05, 0) is 57.1 Å². The minimum absolute atomic E-state index is 0.962. The molecule has 4 aromatic heterocycles. The number of rotatable bonds is 6. The lowest BCUT2D eigenvalue weighted by Gasteiger charge is -2.35. The molecule has 11 aromatic rings. The summed E-state index contributed by atoms with van der Waals surface area (Å²) in [6.45, 7) is 0. The third-order valence-electron chi connectivity index (χ3n) is 11.3. The lowest BCUT2D eigenvalue weighted by molar-refractivity contribution is 0.959. The first-order chi connectivity index (χ1) is 27.2. The monoisotopic (exact) mass is 738 g/mol. The van der Waals surface area contributed by atoms with Crippen molar-refractivity contribution < 1.29 is 0 Å². The van der Waals surface area contributed by atoms with Crippen LogP contribution in [0.1, 0.15) is 0 Å². The van der Waals surface area contributed by atoms with Gasteiger partial charge in [-0.2, -0.15) is 0 Å². The maximum absolute atomic E-state index is 5.23. The Morgan fingerprint density at radius 3 is 1.89 bits per heavy atom. The second-order valence-corrected chi connectivity index (χ2v) is 19.1.